The second-order valence-corrected chi connectivity index (χ2v) is 5.87. The lowest BCUT2D eigenvalue weighted by atomic mass is 9.88. The summed E-state index contributed by atoms with van der Waals surface area (Å²) in [6.07, 6.45) is 5.77. The van der Waals surface area contributed by atoms with Gasteiger partial charge in [0.05, 0.1) is 7.11 Å². The lowest BCUT2D eigenvalue weighted by Crippen LogP contribution is -2.39. The van der Waals surface area contributed by atoms with Gasteiger partial charge in [-0.2, -0.15) is 0 Å². The lowest BCUT2D eigenvalue weighted by Gasteiger charge is -2.25. The Hall–Kier alpha value is -1.02. The molecule has 1 aliphatic carbocycles. The largest absolute Gasteiger partial charge is 0.496 e. The normalized spacial score (nSPS) is 27.4. The molecule has 0 radical (unpaired) electrons. The van der Waals surface area contributed by atoms with Gasteiger partial charge in [0, 0.05) is 5.54 Å². The zero-order chi connectivity index (χ0) is 13.2. The van der Waals surface area contributed by atoms with E-state index in [2.05, 4.69) is 32.0 Å². The van der Waals surface area contributed by atoms with Crippen molar-refractivity contribution in [1.82, 2.24) is 0 Å². The monoisotopic (exact) mass is 247 g/mol. The van der Waals surface area contributed by atoms with E-state index in [0.717, 1.165) is 30.9 Å². The van der Waals surface area contributed by atoms with Gasteiger partial charge < -0.3 is 10.5 Å². The quantitative estimate of drug-likeness (QED) is 0.884. The Morgan fingerprint density at radius 3 is 2.83 bits per heavy atom. The molecule has 0 heterocycles. The molecular weight excluding hydrogens is 222 g/mol. The topological polar surface area (TPSA) is 35.2 Å². The molecule has 0 bridgehead atoms. The molecule has 2 atom stereocenters. The van der Waals surface area contributed by atoms with Crippen LogP contribution in [0.1, 0.15) is 43.7 Å². The Labute approximate surface area is 111 Å². The van der Waals surface area contributed by atoms with Gasteiger partial charge in [0.1, 0.15) is 5.75 Å². The molecule has 0 saturated heterocycles. The van der Waals surface area contributed by atoms with Crippen molar-refractivity contribution in [2.75, 3.05) is 7.11 Å². The Morgan fingerprint density at radius 1 is 1.44 bits per heavy atom. The van der Waals surface area contributed by atoms with E-state index in [4.69, 9.17) is 10.5 Å². The van der Waals surface area contributed by atoms with Crippen LogP contribution in [-0.4, -0.2) is 12.6 Å². The number of ether oxygens (including phenoxy) is 1. The molecule has 2 rings (SSSR count). The highest BCUT2D eigenvalue weighted by Gasteiger charge is 2.35. The van der Waals surface area contributed by atoms with Crippen LogP contribution in [-0.2, 0) is 6.42 Å². The molecule has 100 valence electrons. The summed E-state index contributed by atoms with van der Waals surface area (Å²) in [6.45, 7) is 4.39. The van der Waals surface area contributed by atoms with E-state index < -0.39 is 0 Å². The molecule has 1 aromatic rings. The Morgan fingerprint density at radius 2 is 2.22 bits per heavy atom. The number of methoxy groups -OCH3 is 1. The molecule has 1 aromatic carbocycles. The van der Waals surface area contributed by atoms with E-state index in [1.807, 2.05) is 0 Å². The highest BCUT2D eigenvalue weighted by molar-refractivity contribution is 5.38. The van der Waals surface area contributed by atoms with Crippen LogP contribution in [0.25, 0.3) is 0 Å². The Balaban J connectivity index is 2.16. The van der Waals surface area contributed by atoms with Crippen molar-refractivity contribution in [1.29, 1.82) is 0 Å². The molecule has 2 unspecified atom stereocenters. The SMILES string of the molecule is CCC1CCC(N)(Cc2cc(C)ccc2OC)C1. The van der Waals surface area contributed by atoms with Crippen LogP contribution >= 0.6 is 0 Å². The van der Waals surface area contributed by atoms with E-state index in [-0.39, 0.29) is 5.54 Å². The number of benzene rings is 1. The van der Waals surface area contributed by atoms with E-state index >= 15 is 0 Å². The van der Waals surface area contributed by atoms with Gasteiger partial charge in [0.25, 0.3) is 0 Å². The minimum Gasteiger partial charge on any atom is -0.496 e. The maximum Gasteiger partial charge on any atom is 0.122 e. The van der Waals surface area contributed by atoms with Gasteiger partial charge in [-0.25, -0.2) is 0 Å². The molecule has 0 spiro atoms. The second-order valence-electron chi connectivity index (χ2n) is 5.87. The van der Waals surface area contributed by atoms with Crippen LogP contribution in [0, 0.1) is 12.8 Å². The van der Waals surface area contributed by atoms with Crippen molar-refractivity contribution in [3.8, 4) is 5.75 Å². The molecule has 2 heteroatoms. The number of rotatable bonds is 4. The van der Waals surface area contributed by atoms with Crippen LogP contribution in [0.2, 0.25) is 0 Å². The van der Waals surface area contributed by atoms with Crippen molar-refractivity contribution in [3.05, 3.63) is 29.3 Å². The zero-order valence-corrected chi connectivity index (χ0v) is 11.8. The molecule has 0 aliphatic heterocycles. The smallest absolute Gasteiger partial charge is 0.122 e. The molecule has 1 saturated carbocycles. The van der Waals surface area contributed by atoms with Gasteiger partial charge in [-0.3, -0.25) is 0 Å². The number of aryl methyl sites for hydroxylation is 1. The van der Waals surface area contributed by atoms with Crippen LogP contribution < -0.4 is 10.5 Å². The summed E-state index contributed by atoms with van der Waals surface area (Å²) < 4.78 is 5.45. The summed E-state index contributed by atoms with van der Waals surface area (Å²) in [5, 5.41) is 0. The highest BCUT2D eigenvalue weighted by atomic mass is 16.5. The van der Waals surface area contributed by atoms with Crippen LogP contribution in [0.3, 0.4) is 0 Å². The molecule has 18 heavy (non-hydrogen) atoms. The maximum absolute atomic E-state index is 6.58. The Bertz CT molecular complexity index is 416. The summed E-state index contributed by atoms with van der Waals surface area (Å²) in [4.78, 5) is 0. The van der Waals surface area contributed by atoms with Crippen molar-refractivity contribution in [3.63, 3.8) is 0 Å². The summed E-state index contributed by atoms with van der Waals surface area (Å²) in [6, 6.07) is 6.36. The molecule has 0 amide bonds. The minimum atomic E-state index is -0.0260. The van der Waals surface area contributed by atoms with Gasteiger partial charge in [-0.1, -0.05) is 31.0 Å². The molecule has 2 nitrogen and oxygen atoms in total. The van der Waals surface area contributed by atoms with Gasteiger partial charge in [-0.05, 0) is 50.2 Å². The van der Waals surface area contributed by atoms with Crippen molar-refractivity contribution < 1.29 is 4.74 Å². The van der Waals surface area contributed by atoms with Gasteiger partial charge in [0.15, 0.2) is 0 Å². The zero-order valence-electron chi connectivity index (χ0n) is 11.8. The second kappa shape index (κ2) is 5.31. The fourth-order valence-electron chi connectivity index (χ4n) is 3.20. The number of hydrogen-bond donors (Lipinski definition) is 1. The minimum absolute atomic E-state index is 0.0260. The summed E-state index contributed by atoms with van der Waals surface area (Å²) in [5.74, 6) is 1.79. The first-order valence-electron chi connectivity index (χ1n) is 6.99. The molecule has 1 aliphatic rings. The first-order valence-corrected chi connectivity index (χ1v) is 6.99. The van der Waals surface area contributed by atoms with E-state index in [1.165, 1.54) is 24.0 Å². The van der Waals surface area contributed by atoms with Gasteiger partial charge in [0.2, 0.25) is 0 Å². The molecule has 2 N–H and O–H groups in total. The summed E-state index contributed by atoms with van der Waals surface area (Å²) >= 11 is 0. The molecule has 1 fully saturated rings. The fourth-order valence-corrected chi connectivity index (χ4v) is 3.20. The van der Waals surface area contributed by atoms with Crippen LogP contribution in [0.4, 0.5) is 0 Å². The van der Waals surface area contributed by atoms with E-state index in [0.29, 0.717) is 0 Å². The average Bonchev–Trinajstić information content (AvgIpc) is 2.71. The third-order valence-electron chi connectivity index (χ3n) is 4.30. The number of hydrogen-bond acceptors (Lipinski definition) is 2. The third-order valence-corrected chi connectivity index (χ3v) is 4.30. The average molecular weight is 247 g/mol. The fraction of sp³-hybridized carbons (Fsp3) is 0.625. The standard InChI is InChI=1S/C16H25NO/c1-4-13-7-8-16(17,10-13)11-14-9-12(2)5-6-15(14)18-3/h5-6,9,13H,4,7-8,10-11,17H2,1-3H3. The van der Waals surface area contributed by atoms with Crippen LogP contribution in [0.15, 0.2) is 18.2 Å². The predicted molar refractivity (Wildman–Crippen MR) is 76.0 cm³/mol. The van der Waals surface area contributed by atoms with Crippen molar-refractivity contribution >= 4 is 0 Å². The molecular formula is C16H25NO. The van der Waals surface area contributed by atoms with Crippen molar-refractivity contribution in [2.24, 2.45) is 11.7 Å². The van der Waals surface area contributed by atoms with Crippen LogP contribution in [0.5, 0.6) is 5.75 Å². The Kier molecular flexibility index (Phi) is 3.96. The number of nitrogens with two attached hydrogens (primary N) is 1. The first kappa shape index (κ1) is 13.4. The van der Waals surface area contributed by atoms with E-state index in [1.54, 1.807) is 7.11 Å². The van der Waals surface area contributed by atoms with Gasteiger partial charge in [-0.15, -0.1) is 0 Å². The summed E-state index contributed by atoms with van der Waals surface area (Å²) in [7, 11) is 1.74. The van der Waals surface area contributed by atoms with Gasteiger partial charge >= 0.3 is 0 Å². The highest BCUT2D eigenvalue weighted by Crippen LogP contribution is 2.38. The predicted octanol–water partition coefficient (Wildman–Crippen LogP) is 3.45. The third kappa shape index (κ3) is 2.86. The maximum atomic E-state index is 6.58. The van der Waals surface area contributed by atoms with Crippen molar-refractivity contribution in [2.45, 2.75) is 51.5 Å². The van der Waals surface area contributed by atoms with E-state index in [9.17, 15) is 0 Å². The summed E-state index contributed by atoms with van der Waals surface area (Å²) in [5.41, 5.74) is 9.09. The first-order chi connectivity index (χ1) is 8.56. The molecule has 0 aromatic heterocycles. The lowest BCUT2D eigenvalue weighted by molar-refractivity contribution is 0.381.